The van der Waals surface area contributed by atoms with Crippen LogP contribution < -0.4 is 0 Å². The number of unbranched alkanes of at least 4 members (excludes halogenated alkanes) is 4. The van der Waals surface area contributed by atoms with E-state index in [-0.39, 0.29) is 0 Å². The minimum atomic E-state index is 0.530. The van der Waals surface area contributed by atoms with E-state index < -0.39 is 0 Å². The average molecular weight is 250 g/mol. The molecule has 0 radical (unpaired) electrons. The fourth-order valence-electron chi connectivity index (χ4n) is 2.26. The van der Waals surface area contributed by atoms with Crippen molar-refractivity contribution in [2.24, 2.45) is 0 Å². The maximum absolute atomic E-state index is 5.68. The highest BCUT2D eigenvalue weighted by Crippen LogP contribution is 2.30. The van der Waals surface area contributed by atoms with Gasteiger partial charge in [-0.05, 0) is 25.7 Å². The van der Waals surface area contributed by atoms with Crippen molar-refractivity contribution < 1.29 is 4.74 Å². The second kappa shape index (κ2) is 10.4. The Hall–Kier alpha value is -0.560. The summed E-state index contributed by atoms with van der Waals surface area (Å²) >= 11 is 0. The largest absolute Gasteiger partial charge is 0.369 e. The zero-order chi connectivity index (χ0) is 13.1. The lowest BCUT2D eigenvalue weighted by Gasteiger charge is -1.97. The molecule has 0 aromatic heterocycles. The van der Waals surface area contributed by atoms with E-state index in [4.69, 9.17) is 4.74 Å². The average Bonchev–Trinajstić information content (AvgIpc) is 3.12. The van der Waals surface area contributed by atoms with Crippen LogP contribution in [0.5, 0.6) is 0 Å². The van der Waals surface area contributed by atoms with E-state index in [1.807, 2.05) is 0 Å². The highest BCUT2D eigenvalue weighted by Gasteiger charge is 2.36. The van der Waals surface area contributed by atoms with Crippen LogP contribution in [-0.2, 0) is 4.74 Å². The topological polar surface area (TPSA) is 12.5 Å². The Labute approximate surface area is 113 Å². The minimum Gasteiger partial charge on any atom is -0.369 e. The second-order valence-electron chi connectivity index (χ2n) is 5.24. The van der Waals surface area contributed by atoms with Crippen molar-refractivity contribution in [1.82, 2.24) is 0 Å². The second-order valence-corrected chi connectivity index (χ2v) is 5.24. The zero-order valence-corrected chi connectivity index (χ0v) is 12.2. The molecule has 0 amide bonds. The normalized spacial score (nSPS) is 23.2. The first kappa shape index (κ1) is 15.5. The Morgan fingerprint density at radius 3 is 2.39 bits per heavy atom. The van der Waals surface area contributed by atoms with Crippen molar-refractivity contribution in [1.29, 1.82) is 0 Å². The quantitative estimate of drug-likeness (QED) is 0.271. The smallest absolute Gasteiger partial charge is 0.0876 e. The van der Waals surface area contributed by atoms with E-state index in [2.05, 4.69) is 38.2 Å². The van der Waals surface area contributed by atoms with Gasteiger partial charge < -0.3 is 4.74 Å². The van der Waals surface area contributed by atoms with E-state index >= 15 is 0 Å². The SMILES string of the molecule is CC/C=C\C/C=C\C[C@H]1O[C@@H]1CCCCCCC. The Kier molecular flexibility index (Phi) is 8.93. The van der Waals surface area contributed by atoms with Gasteiger partial charge in [-0.3, -0.25) is 0 Å². The first-order chi connectivity index (χ1) is 8.88. The van der Waals surface area contributed by atoms with Crippen LogP contribution in [0.25, 0.3) is 0 Å². The standard InChI is InChI=1S/C17H30O/c1-3-5-7-9-11-13-15-17-16(18-17)14-12-10-8-6-4-2/h5,7,11,13,16-17H,3-4,6,8-10,12,14-15H2,1-2H3/b7-5-,13-11-/t16-,17-/m1/s1. The van der Waals surface area contributed by atoms with Gasteiger partial charge in [-0.2, -0.15) is 0 Å². The molecule has 1 saturated heterocycles. The molecule has 1 aliphatic rings. The number of rotatable bonds is 11. The van der Waals surface area contributed by atoms with Gasteiger partial charge in [0.15, 0.2) is 0 Å². The van der Waals surface area contributed by atoms with Crippen molar-refractivity contribution >= 4 is 0 Å². The molecular formula is C17H30O. The van der Waals surface area contributed by atoms with Crippen molar-refractivity contribution in [3.8, 4) is 0 Å². The van der Waals surface area contributed by atoms with Gasteiger partial charge >= 0.3 is 0 Å². The molecule has 104 valence electrons. The van der Waals surface area contributed by atoms with Crippen LogP contribution >= 0.6 is 0 Å². The molecule has 2 atom stereocenters. The fraction of sp³-hybridized carbons (Fsp3) is 0.765. The third kappa shape index (κ3) is 7.71. The molecule has 1 heterocycles. The summed E-state index contributed by atoms with van der Waals surface area (Å²) in [6.07, 6.45) is 21.5. The van der Waals surface area contributed by atoms with Crippen molar-refractivity contribution in [2.45, 2.75) is 83.8 Å². The molecule has 1 rings (SSSR count). The van der Waals surface area contributed by atoms with Gasteiger partial charge in [0.1, 0.15) is 0 Å². The molecule has 0 spiro atoms. The van der Waals surface area contributed by atoms with Crippen molar-refractivity contribution in [3.05, 3.63) is 24.3 Å². The molecule has 0 aromatic rings. The Morgan fingerprint density at radius 1 is 0.833 bits per heavy atom. The van der Waals surface area contributed by atoms with Crippen LogP contribution in [0.3, 0.4) is 0 Å². The first-order valence-corrected chi connectivity index (χ1v) is 7.84. The van der Waals surface area contributed by atoms with Crippen LogP contribution in [0.4, 0.5) is 0 Å². The van der Waals surface area contributed by atoms with Crippen LogP contribution in [-0.4, -0.2) is 12.2 Å². The summed E-state index contributed by atoms with van der Waals surface area (Å²) in [7, 11) is 0. The third-order valence-corrected chi connectivity index (χ3v) is 3.49. The van der Waals surface area contributed by atoms with Crippen LogP contribution in [0, 0.1) is 0 Å². The van der Waals surface area contributed by atoms with Gasteiger partial charge in [-0.1, -0.05) is 70.3 Å². The van der Waals surface area contributed by atoms with Crippen LogP contribution in [0.15, 0.2) is 24.3 Å². The summed E-state index contributed by atoms with van der Waals surface area (Å²) in [5.74, 6) is 0. The van der Waals surface area contributed by atoms with Crippen LogP contribution in [0.2, 0.25) is 0 Å². The molecule has 0 N–H and O–H groups in total. The predicted molar refractivity (Wildman–Crippen MR) is 79.8 cm³/mol. The van der Waals surface area contributed by atoms with Gasteiger partial charge in [0.25, 0.3) is 0 Å². The summed E-state index contributed by atoms with van der Waals surface area (Å²) in [5, 5.41) is 0. The van der Waals surface area contributed by atoms with Gasteiger partial charge in [0.05, 0.1) is 12.2 Å². The molecule has 0 aromatic carbocycles. The molecule has 18 heavy (non-hydrogen) atoms. The molecule has 1 aliphatic heterocycles. The molecule has 0 aliphatic carbocycles. The lowest BCUT2D eigenvalue weighted by molar-refractivity contribution is 0.358. The van der Waals surface area contributed by atoms with E-state index in [1.165, 1.54) is 38.5 Å². The number of epoxide rings is 1. The number of hydrogen-bond acceptors (Lipinski definition) is 1. The summed E-state index contributed by atoms with van der Waals surface area (Å²) in [6.45, 7) is 4.44. The number of hydrogen-bond donors (Lipinski definition) is 0. The predicted octanol–water partition coefficient (Wildman–Crippen LogP) is 5.42. The van der Waals surface area contributed by atoms with E-state index in [1.54, 1.807) is 0 Å². The van der Waals surface area contributed by atoms with Crippen molar-refractivity contribution in [2.75, 3.05) is 0 Å². The zero-order valence-electron chi connectivity index (χ0n) is 12.2. The minimum absolute atomic E-state index is 0.530. The fourth-order valence-corrected chi connectivity index (χ4v) is 2.26. The van der Waals surface area contributed by atoms with Gasteiger partial charge in [-0.15, -0.1) is 0 Å². The highest BCUT2D eigenvalue weighted by atomic mass is 16.6. The van der Waals surface area contributed by atoms with Gasteiger partial charge in [0.2, 0.25) is 0 Å². The maximum Gasteiger partial charge on any atom is 0.0876 e. The van der Waals surface area contributed by atoms with E-state index in [0.29, 0.717) is 12.2 Å². The molecule has 1 fully saturated rings. The Morgan fingerprint density at radius 2 is 1.61 bits per heavy atom. The Bertz CT molecular complexity index is 242. The van der Waals surface area contributed by atoms with Gasteiger partial charge in [-0.25, -0.2) is 0 Å². The lowest BCUT2D eigenvalue weighted by Crippen LogP contribution is -1.92. The first-order valence-electron chi connectivity index (χ1n) is 7.84. The number of ether oxygens (including phenoxy) is 1. The maximum atomic E-state index is 5.68. The molecule has 0 unspecified atom stereocenters. The summed E-state index contributed by atoms with van der Waals surface area (Å²) in [5.41, 5.74) is 0. The number of allylic oxidation sites excluding steroid dienone is 3. The molecule has 1 nitrogen and oxygen atoms in total. The monoisotopic (exact) mass is 250 g/mol. The summed E-state index contributed by atoms with van der Waals surface area (Å²) < 4.78 is 5.68. The molecular weight excluding hydrogens is 220 g/mol. The van der Waals surface area contributed by atoms with Crippen molar-refractivity contribution in [3.63, 3.8) is 0 Å². The van der Waals surface area contributed by atoms with E-state index in [9.17, 15) is 0 Å². The molecule has 0 bridgehead atoms. The highest BCUT2D eigenvalue weighted by molar-refractivity contribution is 4.97. The van der Waals surface area contributed by atoms with E-state index in [0.717, 1.165) is 19.3 Å². The van der Waals surface area contributed by atoms with Crippen LogP contribution in [0.1, 0.15) is 71.6 Å². The Balaban J connectivity index is 1.89. The molecule has 1 heteroatoms. The summed E-state index contributed by atoms with van der Waals surface area (Å²) in [4.78, 5) is 0. The molecule has 0 saturated carbocycles. The summed E-state index contributed by atoms with van der Waals surface area (Å²) in [6, 6.07) is 0. The third-order valence-electron chi connectivity index (χ3n) is 3.49. The van der Waals surface area contributed by atoms with Gasteiger partial charge in [0, 0.05) is 0 Å². The lowest BCUT2D eigenvalue weighted by atomic mass is 10.1.